The number of hydrogen-bond acceptors (Lipinski definition) is 2. The number of alkyl halides is 2. The Morgan fingerprint density at radius 1 is 1.00 bits per heavy atom. The van der Waals surface area contributed by atoms with Crippen LogP contribution in [0.2, 0.25) is 0 Å². The first-order chi connectivity index (χ1) is 11.8. The Morgan fingerprint density at radius 2 is 1.64 bits per heavy atom. The van der Waals surface area contributed by atoms with Crippen molar-refractivity contribution in [1.29, 1.82) is 0 Å². The first kappa shape index (κ1) is 18.4. The van der Waals surface area contributed by atoms with Gasteiger partial charge in [-0.2, -0.15) is 8.78 Å². The summed E-state index contributed by atoms with van der Waals surface area (Å²) in [6.45, 7) is 1.06. The lowest BCUT2D eigenvalue weighted by molar-refractivity contribution is -0.139. The molecule has 0 unspecified atom stereocenters. The van der Waals surface area contributed by atoms with Gasteiger partial charge < -0.3 is 10.6 Å². The molecule has 4 nitrogen and oxygen atoms in total. The van der Waals surface area contributed by atoms with Gasteiger partial charge in [0, 0.05) is 12.0 Å². The molecule has 0 aliphatic heterocycles. The molecule has 0 aliphatic rings. The van der Waals surface area contributed by atoms with Gasteiger partial charge in [0.25, 0.3) is 11.8 Å². The molecule has 0 bridgehead atoms. The van der Waals surface area contributed by atoms with Crippen molar-refractivity contribution >= 4 is 23.2 Å². The summed E-state index contributed by atoms with van der Waals surface area (Å²) in [7, 11) is 0. The van der Waals surface area contributed by atoms with Crippen molar-refractivity contribution in [3.05, 3.63) is 59.7 Å². The molecule has 0 aliphatic carbocycles. The first-order valence-electron chi connectivity index (χ1n) is 7.30. The van der Waals surface area contributed by atoms with Gasteiger partial charge >= 0.3 is 5.92 Å². The van der Waals surface area contributed by atoms with Gasteiger partial charge in [0.05, 0.1) is 5.69 Å². The second-order valence-electron chi connectivity index (χ2n) is 5.12. The lowest BCUT2D eigenvalue weighted by Gasteiger charge is -2.16. The molecule has 2 rings (SSSR count). The molecule has 2 N–H and O–H groups in total. The fourth-order valence-corrected chi connectivity index (χ4v) is 1.91. The lowest BCUT2D eigenvalue weighted by atomic mass is 10.2. The van der Waals surface area contributed by atoms with Crippen molar-refractivity contribution in [1.82, 2.24) is 0 Å². The molecule has 0 saturated carbocycles. The summed E-state index contributed by atoms with van der Waals surface area (Å²) in [5.74, 6) is -8.89. The van der Waals surface area contributed by atoms with E-state index in [4.69, 9.17) is 0 Å². The van der Waals surface area contributed by atoms with E-state index in [1.165, 1.54) is 17.4 Å². The van der Waals surface area contributed by atoms with Gasteiger partial charge in [0.15, 0.2) is 5.82 Å². The van der Waals surface area contributed by atoms with Crippen LogP contribution in [0.15, 0.2) is 42.5 Å². The zero-order valence-electron chi connectivity index (χ0n) is 13.1. The standard InChI is InChI=1S/C17H14F4N2O2/c1-2-17(20,21)16(25)23-14-11(18)8-9-12(13(14)19)22-15(24)10-6-4-3-5-7-10/h3-9H,2H2,1H3,(H,22,24)(H,23,25). The maximum absolute atomic E-state index is 14.3. The van der Waals surface area contributed by atoms with Crippen LogP contribution in [0.3, 0.4) is 0 Å². The predicted octanol–water partition coefficient (Wildman–Crippen LogP) is 4.20. The molecular formula is C17H14F4N2O2. The van der Waals surface area contributed by atoms with Crippen LogP contribution in [0.25, 0.3) is 0 Å². The molecule has 0 fully saturated rings. The Bertz CT molecular complexity index is 795. The van der Waals surface area contributed by atoms with E-state index in [1.807, 2.05) is 0 Å². The molecule has 8 heteroatoms. The summed E-state index contributed by atoms with van der Waals surface area (Å²) < 4.78 is 54.7. The minimum Gasteiger partial charge on any atom is -0.319 e. The highest BCUT2D eigenvalue weighted by molar-refractivity contribution is 6.05. The molecule has 0 aromatic heterocycles. The molecule has 0 saturated heterocycles. The molecule has 0 spiro atoms. The molecule has 2 aromatic rings. The predicted molar refractivity (Wildman–Crippen MR) is 84.6 cm³/mol. The van der Waals surface area contributed by atoms with E-state index in [9.17, 15) is 27.2 Å². The summed E-state index contributed by atoms with van der Waals surface area (Å²) in [5.41, 5.74) is -1.29. The van der Waals surface area contributed by atoms with Crippen LogP contribution < -0.4 is 10.6 Å². The van der Waals surface area contributed by atoms with Crippen LogP contribution in [0, 0.1) is 11.6 Å². The van der Waals surface area contributed by atoms with Crippen LogP contribution in [0.1, 0.15) is 23.7 Å². The van der Waals surface area contributed by atoms with Crippen molar-refractivity contribution in [2.75, 3.05) is 10.6 Å². The van der Waals surface area contributed by atoms with E-state index in [-0.39, 0.29) is 5.56 Å². The van der Waals surface area contributed by atoms with E-state index < -0.39 is 47.2 Å². The number of rotatable bonds is 5. The summed E-state index contributed by atoms with van der Waals surface area (Å²) in [5, 5.41) is 3.73. The Morgan fingerprint density at radius 3 is 2.24 bits per heavy atom. The highest BCUT2D eigenvalue weighted by Gasteiger charge is 2.37. The molecular weight excluding hydrogens is 340 g/mol. The number of nitrogens with one attached hydrogen (secondary N) is 2. The monoisotopic (exact) mass is 354 g/mol. The number of hydrogen-bond donors (Lipinski definition) is 2. The maximum atomic E-state index is 14.3. The van der Waals surface area contributed by atoms with Gasteiger partial charge in [-0.15, -0.1) is 0 Å². The van der Waals surface area contributed by atoms with E-state index >= 15 is 0 Å². The Balaban J connectivity index is 2.28. The van der Waals surface area contributed by atoms with Gasteiger partial charge in [0.1, 0.15) is 11.5 Å². The van der Waals surface area contributed by atoms with Gasteiger partial charge in [0.2, 0.25) is 0 Å². The summed E-state index contributed by atoms with van der Waals surface area (Å²) in [6.07, 6.45) is -0.827. The Kier molecular flexibility index (Phi) is 5.41. The third-order valence-corrected chi connectivity index (χ3v) is 3.39. The van der Waals surface area contributed by atoms with Crippen LogP contribution >= 0.6 is 0 Å². The van der Waals surface area contributed by atoms with Crippen molar-refractivity contribution in [2.24, 2.45) is 0 Å². The normalized spacial score (nSPS) is 11.1. The Hall–Kier alpha value is -2.90. The molecule has 2 aromatic carbocycles. The quantitative estimate of drug-likeness (QED) is 0.791. The molecule has 132 valence electrons. The zero-order valence-corrected chi connectivity index (χ0v) is 13.1. The van der Waals surface area contributed by atoms with E-state index in [2.05, 4.69) is 5.32 Å². The van der Waals surface area contributed by atoms with Crippen molar-refractivity contribution in [3.8, 4) is 0 Å². The zero-order chi connectivity index (χ0) is 18.6. The number of benzene rings is 2. The smallest absolute Gasteiger partial charge is 0.319 e. The van der Waals surface area contributed by atoms with Crippen LogP contribution in [0.5, 0.6) is 0 Å². The largest absolute Gasteiger partial charge is 0.324 e. The average molecular weight is 354 g/mol. The number of anilines is 2. The molecule has 0 radical (unpaired) electrons. The maximum Gasteiger partial charge on any atom is 0.324 e. The number of amides is 2. The molecule has 2 amide bonds. The summed E-state index contributed by atoms with van der Waals surface area (Å²) in [4.78, 5) is 23.5. The summed E-state index contributed by atoms with van der Waals surface area (Å²) in [6, 6.07) is 9.49. The fraction of sp³-hybridized carbons (Fsp3) is 0.176. The third kappa shape index (κ3) is 4.14. The van der Waals surface area contributed by atoms with Gasteiger partial charge in [-0.1, -0.05) is 25.1 Å². The van der Waals surface area contributed by atoms with Crippen molar-refractivity contribution in [2.45, 2.75) is 19.3 Å². The molecule has 25 heavy (non-hydrogen) atoms. The van der Waals surface area contributed by atoms with Crippen LogP contribution in [0.4, 0.5) is 28.9 Å². The number of carbonyl (C=O) groups is 2. The minimum absolute atomic E-state index is 0.217. The number of carbonyl (C=O) groups excluding carboxylic acids is 2. The van der Waals surface area contributed by atoms with Crippen molar-refractivity contribution < 1.29 is 27.2 Å². The van der Waals surface area contributed by atoms with E-state index in [1.54, 1.807) is 18.2 Å². The first-order valence-corrected chi connectivity index (χ1v) is 7.30. The topological polar surface area (TPSA) is 58.2 Å². The second-order valence-corrected chi connectivity index (χ2v) is 5.12. The molecule has 0 heterocycles. The van der Waals surface area contributed by atoms with Crippen LogP contribution in [-0.4, -0.2) is 17.7 Å². The minimum atomic E-state index is -3.78. The SMILES string of the molecule is CCC(F)(F)C(=O)Nc1c(F)ccc(NC(=O)c2ccccc2)c1F. The highest BCUT2D eigenvalue weighted by atomic mass is 19.3. The average Bonchev–Trinajstić information content (AvgIpc) is 2.61. The third-order valence-electron chi connectivity index (χ3n) is 3.39. The Labute approximate surface area is 140 Å². The highest BCUT2D eigenvalue weighted by Crippen LogP contribution is 2.28. The number of halogens is 4. The lowest BCUT2D eigenvalue weighted by Crippen LogP contribution is -2.34. The van der Waals surface area contributed by atoms with Gasteiger partial charge in [-0.25, -0.2) is 8.78 Å². The summed E-state index contributed by atoms with van der Waals surface area (Å²) >= 11 is 0. The second kappa shape index (κ2) is 7.33. The fourth-order valence-electron chi connectivity index (χ4n) is 1.91. The van der Waals surface area contributed by atoms with Crippen molar-refractivity contribution in [3.63, 3.8) is 0 Å². The van der Waals surface area contributed by atoms with Gasteiger partial charge in [-0.3, -0.25) is 9.59 Å². The van der Waals surface area contributed by atoms with Crippen LogP contribution in [-0.2, 0) is 4.79 Å². The van der Waals surface area contributed by atoms with E-state index in [0.717, 1.165) is 19.1 Å². The van der Waals surface area contributed by atoms with Gasteiger partial charge in [-0.05, 0) is 24.3 Å². The molecule has 0 atom stereocenters. The van der Waals surface area contributed by atoms with E-state index in [0.29, 0.717) is 0 Å².